The highest BCUT2D eigenvalue weighted by Gasteiger charge is 2.15. The minimum absolute atomic E-state index is 0.313. The van der Waals surface area contributed by atoms with Gasteiger partial charge in [-0.2, -0.15) is 5.10 Å². The summed E-state index contributed by atoms with van der Waals surface area (Å²) in [6.07, 6.45) is 1.63. The highest BCUT2D eigenvalue weighted by atomic mass is 16.1. The van der Waals surface area contributed by atoms with Crippen LogP contribution in [0.25, 0.3) is 27.5 Å². The summed E-state index contributed by atoms with van der Waals surface area (Å²) in [5, 5.41) is 7.99. The van der Waals surface area contributed by atoms with Gasteiger partial charge in [0.1, 0.15) is 5.70 Å². The van der Waals surface area contributed by atoms with E-state index in [4.69, 9.17) is 0 Å². The fourth-order valence-electron chi connectivity index (χ4n) is 3.83. The van der Waals surface area contributed by atoms with E-state index in [1.807, 2.05) is 49.4 Å². The number of rotatable bonds is 3. The van der Waals surface area contributed by atoms with Crippen molar-refractivity contribution >= 4 is 39.6 Å². The third-order valence-electron chi connectivity index (χ3n) is 5.06. The number of hydrogen-bond acceptors (Lipinski definition) is 4. The van der Waals surface area contributed by atoms with Crippen LogP contribution in [0, 0.1) is 6.92 Å². The molecule has 0 fully saturated rings. The number of amides is 1. The first-order valence-corrected chi connectivity index (χ1v) is 9.00. The minimum atomic E-state index is -0.313. The molecule has 1 N–H and O–H groups in total. The van der Waals surface area contributed by atoms with Crippen LogP contribution in [0.2, 0.25) is 0 Å². The van der Waals surface area contributed by atoms with E-state index in [0.29, 0.717) is 11.1 Å². The van der Waals surface area contributed by atoms with Crippen LogP contribution in [0.5, 0.6) is 0 Å². The first-order chi connectivity index (χ1) is 13.6. The number of nitrogens with one attached hydrogen (secondary N) is 1. The number of fused-ring (bicyclic) bond motifs is 4. The summed E-state index contributed by atoms with van der Waals surface area (Å²) in [5.74, 6) is -0.313. The van der Waals surface area contributed by atoms with Crippen LogP contribution in [-0.2, 0) is 11.8 Å². The Labute approximate surface area is 160 Å². The van der Waals surface area contributed by atoms with Crippen LogP contribution in [-0.4, -0.2) is 21.7 Å². The standard InChI is InChI=1S/C22H17N5O/c1-13-21-17(15-7-4-6-10-19(15)27(21)2)11-14(24-13)12-23-26-20-16-8-3-5-9-18(16)25-22(20)28/h3-12H,1-2H3,(H,25,26,28). The Morgan fingerprint density at radius 1 is 1.07 bits per heavy atom. The Hall–Kier alpha value is -3.80. The fraction of sp³-hybridized carbons (Fsp3) is 0.0909. The van der Waals surface area contributed by atoms with Crippen LogP contribution in [0.1, 0.15) is 11.4 Å². The molecule has 136 valence electrons. The van der Waals surface area contributed by atoms with Gasteiger partial charge in [0.15, 0.2) is 0 Å². The molecule has 0 spiro atoms. The lowest BCUT2D eigenvalue weighted by molar-refractivity contribution is -0.113. The highest BCUT2D eigenvalue weighted by Crippen LogP contribution is 2.29. The molecule has 0 aliphatic carbocycles. The van der Waals surface area contributed by atoms with E-state index in [1.54, 1.807) is 6.21 Å². The van der Waals surface area contributed by atoms with Crippen molar-refractivity contribution in [2.24, 2.45) is 17.1 Å². The average molecular weight is 367 g/mol. The summed E-state index contributed by atoms with van der Waals surface area (Å²) in [5.41, 5.74) is 7.16. The van der Waals surface area contributed by atoms with Crippen molar-refractivity contribution in [1.82, 2.24) is 15.0 Å². The zero-order valence-electron chi connectivity index (χ0n) is 15.5. The van der Waals surface area contributed by atoms with Gasteiger partial charge in [-0.3, -0.25) is 10.2 Å². The van der Waals surface area contributed by atoms with Gasteiger partial charge < -0.3 is 4.57 Å². The molecule has 2 aromatic heterocycles. The molecule has 1 amide bonds. The first-order valence-electron chi connectivity index (χ1n) is 9.00. The molecule has 0 atom stereocenters. The zero-order chi connectivity index (χ0) is 19.3. The Bertz CT molecular complexity index is 1430. The number of hydrazone groups is 1. The fourth-order valence-corrected chi connectivity index (χ4v) is 3.83. The topological polar surface area (TPSA) is 71.6 Å². The molecule has 0 radical (unpaired) electrons. The average Bonchev–Trinajstić information content (AvgIpc) is 3.17. The highest BCUT2D eigenvalue weighted by molar-refractivity contribution is 6.14. The summed E-state index contributed by atoms with van der Waals surface area (Å²) in [7, 11) is 2.05. The van der Waals surface area contributed by atoms with Gasteiger partial charge in [0.05, 0.1) is 28.5 Å². The van der Waals surface area contributed by atoms with Gasteiger partial charge in [-0.15, -0.1) is 0 Å². The number of pyridine rings is 1. The van der Waals surface area contributed by atoms with Crippen molar-refractivity contribution in [2.75, 3.05) is 0 Å². The summed E-state index contributed by atoms with van der Waals surface area (Å²) in [6, 6.07) is 17.7. The second kappa shape index (κ2) is 6.13. The van der Waals surface area contributed by atoms with Crippen molar-refractivity contribution in [3.63, 3.8) is 0 Å². The van der Waals surface area contributed by atoms with E-state index in [2.05, 4.69) is 44.3 Å². The molecule has 0 saturated carbocycles. The molecule has 4 aromatic rings. The van der Waals surface area contributed by atoms with Gasteiger partial charge in [0, 0.05) is 28.6 Å². The van der Waals surface area contributed by atoms with Crippen LogP contribution in [0.3, 0.4) is 0 Å². The van der Waals surface area contributed by atoms with Crippen molar-refractivity contribution in [1.29, 1.82) is 0 Å². The smallest absolute Gasteiger partial charge is 0.296 e. The van der Waals surface area contributed by atoms with Crippen molar-refractivity contribution in [3.05, 3.63) is 76.6 Å². The van der Waals surface area contributed by atoms with Crippen LogP contribution in [0.4, 0.5) is 0 Å². The molecular weight excluding hydrogens is 350 g/mol. The monoisotopic (exact) mass is 367 g/mol. The van der Waals surface area contributed by atoms with E-state index < -0.39 is 0 Å². The molecule has 5 rings (SSSR count). The van der Waals surface area contributed by atoms with Gasteiger partial charge >= 0.3 is 0 Å². The molecule has 3 heterocycles. The number of para-hydroxylation sites is 2. The summed E-state index contributed by atoms with van der Waals surface area (Å²) in [4.78, 5) is 20.8. The molecule has 28 heavy (non-hydrogen) atoms. The molecule has 0 bridgehead atoms. The van der Waals surface area contributed by atoms with Crippen LogP contribution in [0.15, 0.2) is 64.7 Å². The summed E-state index contributed by atoms with van der Waals surface area (Å²) >= 11 is 0. The maximum Gasteiger partial charge on any atom is 0.296 e. The lowest BCUT2D eigenvalue weighted by Gasteiger charge is -2.03. The van der Waals surface area contributed by atoms with Crippen LogP contribution < -0.4 is 16.0 Å². The van der Waals surface area contributed by atoms with Crippen molar-refractivity contribution in [2.45, 2.75) is 6.92 Å². The van der Waals surface area contributed by atoms with Crippen molar-refractivity contribution < 1.29 is 4.79 Å². The quantitative estimate of drug-likeness (QED) is 0.444. The number of aromatic nitrogens is 2. The third-order valence-corrected chi connectivity index (χ3v) is 5.06. The van der Waals surface area contributed by atoms with E-state index in [-0.39, 0.29) is 5.91 Å². The number of nitrogens with zero attached hydrogens (tertiary/aromatic N) is 4. The SMILES string of the molecule is Cc1nc(C=NNC2=c3ccccc3=NC2=O)cc2c3ccccc3n(C)c12. The van der Waals surface area contributed by atoms with Crippen molar-refractivity contribution in [3.8, 4) is 0 Å². The maximum atomic E-state index is 12.1. The number of carbonyl (C=O) groups is 1. The Kier molecular flexibility index (Phi) is 3.58. The number of hydrogen-bond donors (Lipinski definition) is 1. The second-order valence-corrected chi connectivity index (χ2v) is 6.78. The number of aryl methyl sites for hydroxylation is 2. The molecule has 0 unspecified atom stereocenters. The molecule has 0 saturated heterocycles. The van der Waals surface area contributed by atoms with Crippen LogP contribution >= 0.6 is 0 Å². The van der Waals surface area contributed by atoms with Gasteiger partial charge in [-0.05, 0) is 25.1 Å². The first kappa shape index (κ1) is 16.4. The summed E-state index contributed by atoms with van der Waals surface area (Å²) in [6.45, 7) is 2.00. The zero-order valence-corrected chi connectivity index (χ0v) is 15.5. The molecule has 6 heteroatoms. The normalized spacial score (nSPS) is 13.5. The minimum Gasteiger partial charge on any atom is -0.342 e. The molecule has 1 aliphatic rings. The lowest BCUT2D eigenvalue weighted by Crippen LogP contribution is -2.26. The maximum absolute atomic E-state index is 12.1. The molecule has 6 nitrogen and oxygen atoms in total. The number of benzene rings is 2. The number of carbonyl (C=O) groups excluding carboxylic acids is 1. The summed E-state index contributed by atoms with van der Waals surface area (Å²) < 4.78 is 2.16. The Morgan fingerprint density at radius 2 is 1.86 bits per heavy atom. The van der Waals surface area contributed by atoms with E-state index in [0.717, 1.165) is 27.5 Å². The predicted octanol–water partition coefficient (Wildman–Crippen LogP) is 1.93. The van der Waals surface area contributed by atoms with E-state index in [1.165, 1.54) is 10.9 Å². The van der Waals surface area contributed by atoms with E-state index in [9.17, 15) is 4.79 Å². The Morgan fingerprint density at radius 3 is 2.75 bits per heavy atom. The molecule has 1 aliphatic heterocycles. The molecule has 2 aromatic carbocycles. The lowest BCUT2D eigenvalue weighted by atomic mass is 10.1. The Balaban J connectivity index is 1.55. The van der Waals surface area contributed by atoms with Gasteiger partial charge in [-0.25, -0.2) is 9.98 Å². The third kappa shape index (κ3) is 2.42. The largest absolute Gasteiger partial charge is 0.342 e. The van der Waals surface area contributed by atoms with Gasteiger partial charge in [-0.1, -0.05) is 36.4 Å². The van der Waals surface area contributed by atoms with Gasteiger partial charge in [0.25, 0.3) is 5.91 Å². The molecular formula is C22H17N5O. The predicted molar refractivity (Wildman–Crippen MR) is 109 cm³/mol. The second-order valence-electron chi connectivity index (χ2n) is 6.78. The van der Waals surface area contributed by atoms with Gasteiger partial charge in [0.2, 0.25) is 0 Å². The van der Waals surface area contributed by atoms with E-state index >= 15 is 0 Å².